The van der Waals surface area contributed by atoms with Gasteiger partial charge in [-0.25, -0.2) is 14.4 Å². The van der Waals surface area contributed by atoms with Crippen molar-refractivity contribution in [2.75, 3.05) is 36.8 Å². The third-order valence-electron chi connectivity index (χ3n) is 9.30. The third-order valence-corrected chi connectivity index (χ3v) is 9.30. The van der Waals surface area contributed by atoms with E-state index in [1.807, 2.05) is 39.8 Å². The molecule has 3 heterocycles. The van der Waals surface area contributed by atoms with Crippen molar-refractivity contribution in [2.45, 2.75) is 85.5 Å². The normalized spacial score (nSPS) is 14.9. The van der Waals surface area contributed by atoms with Crippen LogP contribution < -0.4 is 10.6 Å². The van der Waals surface area contributed by atoms with E-state index in [-0.39, 0.29) is 23.3 Å². The number of Topliss-reactive ketones (excluding diaryl/α,β-unsaturated/α-hetero) is 3. The number of hydrogen-bond acceptors (Lipinski definition) is 9. The lowest BCUT2D eigenvalue weighted by molar-refractivity contribution is -0.121. The second kappa shape index (κ2) is 17.8. The van der Waals surface area contributed by atoms with E-state index in [1.54, 1.807) is 37.4 Å². The predicted octanol–water partition coefficient (Wildman–Crippen LogP) is 6.53. The first-order valence-corrected chi connectivity index (χ1v) is 17.0. The number of nitrogen functional groups attached to an aromatic ring is 1. The predicted molar refractivity (Wildman–Crippen MR) is 193 cm³/mol. The Morgan fingerprint density at radius 3 is 2.31 bits per heavy atom. The fourth-order valence-corrected chi connectivity index (χ4v) is 5.40. The van der Waals surface area contributed by atoms with Gasteiger partial charge < -0.3 is 15.4 Å². The number of ketones is 3. The van der Waals surface area contributed by atoms with Crippen LogP contribution >= 0.6 is 0 Å². The van der Waals surface area contributed by atoms with Crippen LogP contribution in [0.25, 0.3) is 11.3 Å². The number of carbonyl (C=O) groups excluding carboxylic acids is 3. The molecule has 9 nitrogen and oxygen atoms in total. The minimum atomic E-state index is -0.829. The molecule has 1 aromatic carbocycles. The molecule has 0 saturated carbocycles. The Labute approximate surface area is 291 Å². The molecule has 1 saturated heterocycles. The molecular weight excluding hydrogens is 618 g/mol. The molecule has 0 aliphatic carbocycles. The van der Waals surface area contributed by atoms with Crippen molar-refractivity contribution in [1.29, 1.82) is 5.26 Å². The lowest BCUT2D eigenvalue weighted by Gasteiger charge is -2.35. The maximum absolute atomic E-state index is 15.5. The molecule has 2 N–H and O–H groups in total. The van der Waals surface area contributed by atoms with Gasteiger partial charge in [-0.1, -0.05) is 46.8 Å². The molecule has 2 atom stereocenters. The largest absolute Gasteiger partial charge is 0.383 e. The first kappa shape index (κ1) is 39.0. The zero-order valence-corrected chi connectivity index (χ0v) is 29.7. The molecule has 0 bridgehead atoms. The van der Waals surface area contributed by atoms with Crippen molar-refractivity contribution in [2.24, 2.45) is 5.92 Å². The second-order valence-corrected chi connectivity index (χ2v) is 12.9. The molecule has 1 fully saturated rings. The molecule has 3 aromatic rings. The molecule has 11 heteroatoms. The number of nitriles is 1. The number of nitrogens with zero attached hydrogens (tertiary/aromatic N) is 5. The SMILES string of the molecule is CCc1c(C(=O)C(C)CC)ccc(-c2ccc(CN3CCN(c4ccc(C#N)cn4)CC3)c(N)n2)c1F.[B]C(C)(CCC(=O)CC)C(C)=O. The van der Waals surface area contributed by atoms with Crippen LogP contribution in [-0.2, 0) is 22.6 Å². The van der Waals surface area contributed by atoms with Crippen LogP contribution in [0, 0.1) is 23.1 Å². The van der Waals surface area contributed by atoms with E-state index < -0.39 is 11.1 Å². The van der Waals surface area contributed by atoms with Crippen molar-refractivity contribution in [3.8, 4) is 17.3 Å². The fourth-order valence-electron chi connectivity index (χ4n) is 5.40. The van der Waals surface area contributed by atoms with Crippen LogP contribution in [0.5, 0.6) is 0 Å². The van der Waals surface area contributed by atoms with Crippen molar-refractivity contribution in [3.05, 3.63) is 70.7 Å². The van der Waals surface area contributed by atoms with Gasteiger partial charge in [0.15, 0.2) is 5.78 Å². The highest BCUT2D eigenvalue weighted by atomic mass is 19.1. The van der Waals surface area contributed by atoms with Crippen LogP contribution in [0.15, 0.2) is 42.6 Å². The first-order chi connectivity index (χ1) is 23.3. The Morgan fingerprint density at radius 2 is 1.78 bits per heavy atom. The standard InChI is InChI=1S/C29H33FN6O.C9H15BO2/c1-4-19(3)28(37)23-8-9-24(27(30)22(23)5-2)25-10-7-21(29(32)34-25)18-35-12-14-36(15-13-35)26-11-6-20(16-31)17-33-26;1-4-8(12)5-6-9(3,10)7(2)11/h6-11,17,19H,4-5,12-15,18H2,1-3H3,(H2,32,34);4-6H2,1-3H3. The topological polar surface area (TPSA) is 133 Å². The van der Waals surface area contributed by atoms with Gasteiger partial charge in [-0.15, -0.1) is 0 Å². The van der Waals surface area contributed by atoms with Gasteiger partial charge in [0.25, 0.3) is 0 Å². The van der Waals surface area contributed by atoms with E-state index in [9.17, 15) is 14.4 Å². The van der Waals surface area contributed by atoms with Crippen molar-refractivity contribution >= 4 is 36.8 Å². The number of anilines is 2. The summed E-state index contributed by atoms with van der Waals surface area (Å²) >= 11 is 0. The van der Waals surface area contributed by atoms with Crippen LogP contribution in [0.4, 0.5) is 16.0 Å². The summed E-state index contributed by atoms with van der Waals surface area (Å²) in [5.74, 6) is 0.775. The molecule has 2 radical (unpaired) electrons. The second-order valence-electron chi connectivity index (χ2n) is 12.9. The number of aromatic nitrogens is 2. The van der Waals surface area contributed by atoms with Gasteiger partial charge in [-0.3, -0.25) is 14.5 Å². The van der Waals surface area contributed by atoms with Crippen molar-refractivity contribution in [1.82, 2.24) is 14.9 Å². The summed E-state index contributed by atoms with van der Waals surface area (Å²) in [6, 6.07) is 12.8. The number of pyridine rings is 2. The monoisotopic (exact) mass is 666 g/mol. The number of nitrogens with two attached hydrogens (primary N) is 1. The molecule has 4 rings (SSSR count). The summed E-state index contributed by atoms with van der Waals surface area (Å²) in [6.07, 6.45) is 4.12. The number of piperazine rings is 1. The summed E-state index contributed by atoms with van der Waals surface area (Å²) in [7, 11) is 5.66. The van der Waals surface area contributed by atoms with E-state index >= 15 is 4.39 Å². The summed E-state index contributed by atoms with van der Waals surface area (Å²) < 4.78 is 15.5. The summed E-state index contributed by atoms with van der Waals surface area (Å²) in [5, 5.41) is 8.13. The van der Waals surface area contributed by atoms with Crippen LogP contribution in [0.3, 0.4) is 0 Å². The quantitative estimate of drug-likeness (QED) is 0.160. The maximum atomic E-state index is 15.5. The van der Waals surface area contributed by atoms with Gasteiger partial charge in [0.2, 0.25) is 0 Å². The Kier molecular flexibility index (Phi) is 14.2. The van der Waals surface area contributed by atoms with E-state index in [0.717, 1.165) is 37.6 Å². The highest BCUT2D eigenvalue weighted by Gasteiger charge is 2.24. The Hall–Kier alpha value is -4.43. The van der Waals surface area contributed by atoms with Crippen LogP contribution in [0.1, 0.15) is 94.3 Å². The van der Waals surface area contributed by atoms with E-state index in [2.05, 4.69) is 25.8 Å². The van der Waals surface area contributed by atoms with Gasteiger partial charge in [0.1, 0.15) is 35.1 Å². The Bertz CT molecular complexity index is 1660. The summed E-state index contributed by atoms with van der Waals surface area (Å²) in [5.41, 5.74) is 9.48. The third kappa shape index (κ3) is 10.3. The zero-order valence-electron chi connectivity index (χ0n) is 29.7. The molecule has 1 aliphatic heterocycles. The van der Waals surface area contributed by atoms with E-state index in [1.165, 1.54) is 6.92 Å². The molecule has 49 heavy (non-hydrogen) atoms. The first-order valence-electron chi connectivity index (χ1n) is 17.0. The van der Waals surface area contributed by atoms with Crippen LogP contribution in [-0.4, -0.2) is 66.2 Å². The number of halogens is 1. The fraction of sp³-hybridized carbons (Fsp3) is 0.474. The van der Waals surface area contributed by atoms with E-state index in [4.69, 9.17) is 18.8 Å². The summed E-state index contributed by atoms with van der Waals surface area (Å²) in [6.45, 7) is 14.6. The highest BCUT2D eigenvalue weighted by molar-refractivity contribution is 6.27. The number of benzene rings is 1. The molecule has 1 aliphatic rings. The average Bonchev–Trinajstić information content (AvgIpc) is 3.11. The lowest BCUT2D eigenvalue weighted by atomic mass is 9.65. The van der Waals surface area contributed by atoms with Crippen molar-refractivity contribution < 1.29 is 18.8 Å². The lowest BCUT2D eigenvalue weighted by Crippen LogP contribution is -2.46. The summed E-state index contributed by atoms with van der Waals surface area (Å²) in [4.78, 5) is 48.0. The average molecular weight is 667 g/mol. The highest BCUT2D eigenvalue weighted by Crippen LogP contribution is 2.30. The zero-order chi connectivity index (χ0) is 36.3. The van der Waals surface area contributed by atoms with Gasteiger partial charge in [0, 0.05) is 74.4 Å². The maximum Gasteiger partial charge on any atom is 0.166 e. The molecule has 0 spiro atoms. The molecule has 258 valence electrons. The minimum Gasteiger partial charge on any atom is -0.383 e. The Morgan fingerprint density at radius 1 is 1.08 bits per heavy atom. The Balaban J connectivity index is 0.000000463. The molecule has 2 aromatic heterocycles. The number of hydrogen-bond donors (Lipinski definition) is 1. The minimum absolute atomic E-state index is 0.0253. The molecule has 2 unspecified atom stereocenters. The van der Waals surface area contributed by atoms with Gasteiger partial charge in [-0.05, 0) is 61.3 Å². The molecular formula is C38H48BFN6O3. The number of carbonyl (C=O) groups is 3. The number of rotatable bonds is 13. The van der Waals surface area contributed by atoms with E-state index in [0.29, 0.717) is 72.4 Å². The van der Waals surface area contributed by atoms with Gasteiger partial charge in [-0.2, -0.15) is 5.26 Å². The molecule has 0 amide bonds. The van der Waals surface area contributed by atoms with Crippen LogP contribution in [0.2, 0.25) is 5.31 Å². The smallest absolute Gasteiger partial charge is 0.166 e. The van der Waals surface area contributed by atoms with Crippen molar-refractivity contribution in [3.63, 3.8) is 0 Å². The van der Waals surface area contributed by atoms with Gasteiger partial charge >= 0.3 is 0 Å². The van der Waals surface area contributed by atoms with Gasteiger partial charge in [0.05, 0.1) is 19.1 Å².